The molecule has 6 nitrogen and oxygen atoms in total. The standard InChI is InChI=1S/C10H12ClN5O/c1-12-6-10-13-14-15-16(10)7-3-4-8(11)9(5-7)17-2/h3-5,12H,6H2,1-2H3. The highest BCUT2D eigenvalue weighted by Crippen LogP contribution is 2.26. The Morgan fingerprint density at radius 2 is 2.29 bits per heavy atom. The second-order valence-electron chi connectivity index (χ2n) is 3.36. The highest BCUT2D eigenvalue weighted by Gasteiger charge is 2.09. The maximum atomic E-state index is 5.96. The number of hydrogen-bond acceptors (Lipinski definition) is 5. The van der Waals surface area contributed by atoms with E-state index in [1.165, 1.54) is 0 Å². The molecule has 0 fully saturated rings. The normalized spacial score (nSPS) is 10.5. The average molecular weight is 254 g/mol. The molecule has 0 aliphatic carbocycles. The van der Waals surface area contributed by atoms with Crippen molar-refractivity contribution in [3.63, 3.8) is 0 Å². The number of tetrazole rings is 1. The van der Waals surface area contributed by atoms with E-state index in [2.05, 4.69) is 20.8 Å². The van der Waals surface area contributed by atoms with Gasteiger partial charge in [0.05, 0.1) is 24.4 Å². The molecule has 90 valence electrons. The van der Waals surface area contributed by atoms with Crippen LogP contribution in [0.1, 0.15) is 5.82 Å². The van der Waals surface area contributed by atoms with Crippen LogP contribution in [0.2, 0.25) is 5.02 Å². The van der Waals surface area contributed by atoms with Gasteiger partial charge in [-0.3, -0.25) is 0 Å². The summed E-state index contributed by atoms with van der Waals surface area (Å²) >= 11 is 5.96. The summed E-state index contributed by atoms with van der Waals surface area (Å²) in [7, 11) is 3.40. The van der Waals surface area contributed by atoms with Gasteiger partial charge >= 0.3 is 0 Å². The molecule has 17 heavy (non-hydrogen) atoms. The molecule has 0 saturated heterocycles. The Morgan fingerprint density at radius 3 is 3.00 bits per heavy atom. The Labute approximate surface area is 104 Å². The van der Waals surface area contributed by atoms with Gasteiger partial charge in [0.25, 0.3) is 0 Å². The van der Waals surface area contributed by atoms with Gasteiger partial charge in [-0.2, -0.15) is 4.68 Å². The maximum Gasteiger partial charge on any atom is 0.170 e. The molecular weight excluding hydrogens is 242 g/mol. The molecule has 0 amide bonds. The first-order valence-electron chi connectivity index (χ1n) is 5.02. The Balaban J connectivity index is 2.42. The summed E-state index contributed by atoms with van der Waals surface area (Å²) in [5, 5.41) is 15.1. The number of nitrogens with one attached hydrogen (secondary N) is 1. The smallest absolute Gasteiger partial charge is 0.170 e. The van der Waals surface area contributed by atoms with Gasteiger partial charge in [0.1, 0.15) is 5.75 Å². The zero-order valence-electron chi connectivity index (χ0n) is 9.51. The topological polar surface area (TPSA) is 64.9 Å². The van der Waals surface area contributed by atoms with E-state index in [0.29, 0.717) is 17.3 Å². The van der Waals surface area contributed by atoms with Crippen LogP contribution < -0.4 is 10.1 Å². The first-order valence-corrected chi connectivity index (χ1v) is 5.40. The molecule has 2 aromatic rings. The van der Waals surface area contributed by atoms with Crippen LogP contribution in [-0.2, 0) is 6.54 Å². The summed E-state index contributed by atoms with van der Waals surface area (Å²) in [4.78, 5) is 0. The maximum absolute atomic E-state index is 5.96. The summed E-state index contributed by atoms with van der Waals surface area (Å²) in [6, 6.07) is 5.37. The molecule has 1 aromatic carbocycles. The molecule has 0 aliphatic heterocycles. The Kier molecular flexibility index (Phi) is 3.55. The fourth-order valence-corrected chi connectivity index (χ4v) is 1.65. The van der Waals surface area contributed by atoms with Gasteiger partial charge in [-0.1, -0.05) is 11.6 Å². The fourth-order valence-electron chi connectivity index (χ4n) is 1.45. The summed E-state index contributed by atoms with van der Waals surface area (Å²) in [5.74, 6) is 1.31. The third kappa shape index (κ3) is 2.37. The quantitative estimate of drug-likeness (QED) is 0.882. The first-order chi connectivity index (χ1) is 8.26. The van der Waals surface area contributed by atoms with Crippen LogP contribution in [0, 0.1) is 0 Å². The average Bonchev–Trinajstić information content (AvgIpc) is 2.78. The largest absolute Gasteiger partial charge is 0.495 e. The van der Waals surface area contributed by atoms with Crippen molar-refractivity contribution in [3.8, 4) is 11.4 Å². The van der Waals surface area contributed by atoms with Crippen molar-refractivity contribution in [3.05, 3.63) is 29.0 Å². The van der Waals surface area contributed by atoms with Crippen LogP contribution >= 0.6 is 11.6 Å². The highest BCUT2D eigenvalue weighted by atomic mass is 35.5. The van der Waals surface area contributed by atoms with Gasteiger partial charge in [0.15, 0.2) is 5.82 Å². The molecule has 0 radical (unpaired) electrons. The van der Waals surface area contributed by atoms with Crippen molar-refractivity contribution in [2.24, 2.45) is 0 Å². The van der Waals surface area contributed by atoms with Crippen molar-refractivity contribution >= 4 is 11.6 Å². The number of benzene rings is 1. The molecule has 7 heteroatoms. The van der Waals surface area contributed by atoms with Gasteiger partial charge in [-0.15, -0.1) is 5.10 Å². The third-order valence-corrected chi connectivity index (χ3v) is 2.56. The van der Waals surface area contributed by atoms with Gasteiger partial charge in [-0.05, 0) is 29.6 Å². The van der Waals surface area contributed by atoms with Crippen molar-refractivity contribution in [2.75, 3.05) is 14.2 Å². The Morgan fingerprint density at radius 1 is 1.47 bits per heavy atom. The zero-order chi connectivity index (χ0) is 12.3. The zero-order valence-corrected chi connectivity index (χ0v) is 10.3. The minimum absolute atomic E-state index is 0.555. The minimum Gasteiger partial charge on any atom is -0.495 e. The number of ether oxygens (including phenoxy) is 1. The molecule has 0 bridgehead atoms. The van der Waals surface area contributed by atoms with Crippen LogP contribution in [0.15, 0.2) is 18.2 Å². The Bertz CT molecular complexity index is 513. The fraction of sp³-hybridized carbons (Fsp3) is 0.300. The predicted molar refractivity (Wildman–Crippen MR) is 63.5 cm³/mol. The number of rotatable bonds is 4. The van der Waals surface area contributed by atoms with Crippen LogP contribution in [0.5, 0.6) is 5.75 Å². The second kappa shape index (κ2) is 5.11. The van der Waals surface area contributed by atoms with Gasteiger partial charge in [-0.25, -0.2) is 0 Å². The van der Waals surface area contributed by atoms with Crippen LogP contribution in [0.3, 0.4) is 0 Å². The molecule has 0 atom stereocenters. The Hall–Kier alpha value is -1.66. The van der Waals surface area contributed by atoms with E-state index in [0.717, 1.165) is 11.5 Å². The number of halogens is 1. The van der Waals surface area contributed by atoms with Gasteiger partial charge in [0.2, 0.25) is 0 Å². The van der Waals surface area contributed by atoms with Crippen LogP contribution in [0.25, 0.3) is 5.69 Å². The molecule has 2 rings (SSSR count). The lowest BCUT2D eigenvalue weighted by Crippen LogP contribution is -2.12. The summed E-state index contributed by atoms with van der Waals surface area (Å²) in [6.07, 6.45) is 0. The minimum atomic E-state index is 0.555. The van der Waals surface area contributed by atoms with Crippen molar-refractivity contribution in [1.82, 2.24) is 25.5 Å². The lowest BCUT2D eigenvalue weighted by molar-refractivity contribution is 0.414. The number of aromatic nitrogens is 4. The van der Waals surface area contributed by atoms with Gasteiger partial charge in [0, 0.05) is 6.07 Å². The van der Waals surface area contributed by atoms with E-state index in [4.69, 9.17) is 16.3 Å². The summed E-state index contributed by atoms with van der Waals surface area (Å²) in [6.45, 7) is 0.581. The van der Waals surface area contributed by atoms with Crippen LogP contribution in [-0.4, -0.2) is 34.4 Å². The van der Waals surface area contributed by atoms with Crippen molar-refractivity contribution < 1.29 is 4.74 Å². The monoisotopic (exact) mass is 253 g/mol. The van der Waals surface area contributed by atoms with E-state index < -0.39 is 0 Å². The molecule has 0 unspecified atom stereocenters. The molecule has 0 spiro atoms. The molecule has 0 aliphatic rings. The second-order valence-corrected chi connectivity index (χ2v) is 3.76. The predicted octanol–water partition coefficient (Wildman–Crippen LogP) is 1.04. The van der Waals surface area contributed by atoms with E-state index >= 15 is 0 Å². The lowest BCUT2D eigenvalue weighted by atomic mass is 10.3. The third-order valence-electron chi connectivity index (χ3n) is 2.25. The highest BCUT2D eigenvalue weighted by molar-refractivity contribution is 6.32. The lowest BCUT2D eigenvalue weighted by Gasteiger charge is -2.07. The number of nitrogens with zero attached hydrogens (tertiary/aromatic N) is 4. The first kappa shape index (κ1) is 11.8. The molecular formula is C10H12ClN5O. The van der Waals surface area contributed by atoms with E-state index in [1.807, 2.05) is 13.1 Å². The van der Waals surface area contributed by atoms with Crippen molar-refractivity contribution in [2.45, 2.75) is 6.54 Å². The SMILES string of the molecule is CNCc1nnnn1-c1ccc(Cl)c(OC)c1. The van der Waals surface area contributed by atoms with E-state index in [-0.39, 0.29) is 0 Å². The summed E-state index contributed by atoms with van der Waals surface area (Å²) < 4.78 is 6.79. The summed E-state index contributed by atoms with van der Waals surface area (Å²) in [5.41, 5.74) is 0.807. The van der Waals surface area contributed by atoms with Crippen molar-refractivity contribution in [1.29, 1.82) is 0 Å². The number of hydrogen-bond donors (Lipinski definition) is 1. The van der Waals surface area contributed by atoms with E-state index in [9.17, 15) is 0 Å². The molecule has 1 heterocycles. The van der Waals surface area contributed by atoms with Crippen LogP contribution in [0.4, 0.5) is 0 Å². The molecule has 0 saturated carbocycles. The molecule has 1 N–H and O–H groups in total. The molecule has 1 aromatic heterocycles. The van der Waals surface area contributed by atoms with Gasteiger partial charge < -0.3 is 10.1 Å². The number of methoxy groups -OCH3 is 1. The van der Waals surface area contributed by atoms with E-state index in [1.54, 1.807) is 23.9 Å².